The Balaban J connectivity index is 1.80. The number of aromatic nitrogens is 2. The molecule has 0 radical (unpaired) electrons. The Labute approximate surface area is 119 Å². The molecule has 3 nitrogen and oxygen atoms in total. The predicted octanol–water partition coefficient (Wildman–Crippen LogP) is 4.60. The fourth-order valence-electron chi connectivity index (χ4n) is 1.65. The molecule has 0 atom stereocenters. The van der Waals surface area contributed by atoms with Crippen LogP contribution >= 0.6 is 22.9 Å². The summed E-state index contributed by atoms with van der Waals surface area (Å²) in [7, 11) is 0. The Morgan fingerprint density at radius 2 is 1.89 bits per heavy atom. The summed E-state index contributed by atoms with van der Waals surface area (Å²) in [5.74, 6) is 0. The van der Waals surface area contributed by atoms with Gasteiger partial charge in [0.2, 0.25) is 0 Å². The van der Waals surface area contributed by atoms with E-state index < -0.39 is 0 Å². The monoisotopic (exact) mass is 287 g/mol. The van der Waals surface area contributed by atoms with Gasteiger partial charge in [0.1, 0.15) is 5.15 Å². The van der Waals surface area contributed by atoms with Crippen molar-refractivity contribution < 1.29 is 0 Å². The van der Waals surface area contributed by atoms with Gasteiger partial charge in [0.25, 0.3) is 0 Å². The van der Waals surface area contributed by atoms with Gasteiger partial charge in [-0.2, -0.15) is 0 Å². The average molecular weight is 288 g/mol. The first-order chi connectivity index (χ1) is 9.31. The first kappa shape index (κ1) is 12.1. The van der Waals surface area contributed by atoms with E-state index in [4.69, 9.17) is 11.6 Å². The fourth-order valence-corrected chi connectivity index (χ4v) is 2.50. The second kappa shape index (κ2) is 5.38. The lowest BCUT2D eigenvalue weighted by Gasteiger charge is -2.01. The molecule has 19 heavy (non-hydrogen) atoms. The molecule has 3 rings (SSSR count). The van der Waals surface area contributed by atoms with E-state index in [9.17, 15) is 0 Å². The quantitative estimate of drug-likeness (QED) is 0.715. The van der Waals surface area contributed by atoms with Gasteiger partial charge in [0, 0.05) is 10.9 Å². The molecule has 2 heterocycles. The van der Waals surface area contributed by atoms with E-state index in [1.54, 1.807) is 23.6 Å². The van der Waals surface area contributed by atoms with Crippen molar-refractivity contribution in [2.24, 2.45) is 0 Å². The summed E-state index contributed by atoms with van der Waals surface area (Å²) in [6.45, 7) is 0. The van der Waals surface area contributed by atoms with E-state index in [-0.39, 0.29) is 0 Å². The molecular weight excluding hydrogens is 278 g/mol. The average Bonchev–Trinajstić information content (AvgIpc) is 2.91. The lowest BCUT2D eigenvalue weighted by Crippen LogP contribution is -1.90. The van der Waals surface area contributed by atoms with Crippen LogP contribution in [0.1, 0.15) is 0 Å². The third-order valence-corrected chi connectivity index (χ3v) is 3.53. The Kier molecular flexibility index (Phi) is 3.44. The van der Waals surface area contributed by atoms with Crippen molar-refractivity contribution in [2.75, 3.05) is 5.32 Å². The number of thiazole rings is 1. The highest BCUT2D eigenvalue weighted by molar-refractivity contribution is 7.14. The Bertz CT molecular complexity index is 665. The fraction of sp³-hybridized carbons (Fsp3) is 0. The van der Waals surface area contributed by atoms with Crippen molar-refractivity contribution >= 4 is 33.8 Å². The molecule has 1 aromatic carbocycles. The number of halogens is 1. The van der Waals surface area contributed by atoms with Crippen molar-refractivity contribution in [3.63, 3.8) is 0 Å². The molecule has 0 fully saturated rings. The molecule has 5 heteroatoms. The summed E-state index contributed by atoms with van der Waals surface area (Å²) in [4.78, 5) is 8.56. The van der Waals surface area contributed by atoms with E-state index in [1.807, 2.05) is 41.8 Å². The summed E-state index contributed by atoms with van der Waals surface area (Å²) in [6, 6.07) is 13.7. The number of hydrogen-bond donors (Lipinski definition) is 1. The molecule has 0 aliphatic rings. The number of nitrogens with one attached hydrogen (secondary N) is 1. The highest BCUT2D eigenvalue weighted by atomic mass is 35.5. The van der Waals surface area contributed by atoms with Gasteiger partial charge in [-0.1, -0.05) is 41.9 Å². The molecule has 0 unspecified atom stereocenters. The minimum Gasteiger partial charge on any atom is -0.330 e. The van der Waals surface area contributed by atoms with Crippen LogP contribution in [-0.2, 0) is 0 Å². The molecule has 3 aromatic rings. The largest absolute Gasteiger partial charge is 0.330 e. The second-order valence-electron chi connectivity index (χ2n) is 3.90. The maximum atomic E-state index is 5.75. The third kappa shape index (κ3) is 2.92. The molecule has 0 spiro atoms. The van der Waals surface area contributed by atoms with Crippen molar-refractivity contribution in [3.05, 3.63) is 59.2 Å². The van der Waals surface area contributed by atoms with Crippen LogP contribution in [-0.4, -0.2) is 9.97 Å². The van der Waals surface area contributed by atoms with Crippen LogP contribution < -0.4 is 5.32 Å². The smallest absolute Gasteiger partial charge is 0.187 e. The summed E-state index contributed by atoms with van der Waals surface area (Å²) < 4.78 is 0. The van der Waals surface area contributed by atoms with Crippen molar-refractivity contribution in [2.45, 2.75) is 0 Å². The zero-order valence-electron chi connectivity index (χ0n) is 9.88. The minimum absolute atomic E-state index is 0.481. The van der Waals surface area contributed by atoms with E-state index >= 15 is 0 Å². The SMILES string of the molecule is Clc1ccc(Nc2nc(-c3ccccc3)cs2)cn1. The molecule has 0 amide bonds. The van der Waals surface area contributed by atoms with Gasteiger partial charge in [0.05, 0.1) is 17.6 Å². The number of hydrogen-bond acceptors (Lipinski definition) is 4. The second-order valence-corrected chi connectivity index (χ2v) is 5.14. The highest BCUT2D eigenvalue weighted by Crippen LogP contribution is 2.26. The lowest BCUT2D eigenvalue weighted by atomic mass is 10.2. The normalized spacial score (nSPS) is 10.4. The standard InChI is InChI=1S/C14H10ClN3S/c15-13-7-6-11(8-16-13)17-14-18-12(9-19-14)10-4-2-1-3-5-10/h1-9H,(H,17,18). The van der Waals surface area contributed by atoms with Crippen LogP contribution in [0, 0.1) is 0 Å². The summed E-state index contributed by atoms with van der Waals surface area (Å²) in [5.41, 5.74) is 2.95. The van der Waals surface area contributed by atoms with Crippen LogP contribution in [0.3, 0.4) is 0 Å². The molecule has 2 aromatic heterocycles. The van der Waals surface area contributed by atoms with Gasteiger partial charge in [-0.05, 0) is 12.1 Å². The maximum Gasteiger partial charge on any atom is 0.187 e. The zero-order chi connectivity index (χ0) is 13.1. The molecular formula is C14H10ClN3S. The van der Waals surface area contributed by atoms with Crippen molar-refractivity contribution in [1.82, 2.24) is 9.97 Å². The van der Waals surface area contributed by atoms with Gasteiger partial charge in [-0.15, -0.1) is 11.3 Å². The van der Waals surface area contributed by atoms with Crippen LogP contribution in [0.15, 0.2) is 54.0 Å². The van der Waals surface area contributed by atoms with Crippen molar-refractivity contribution in [3.8, 4) is 11.3 Å². The van der Waals surface area contributed by atoms with Crippen LogP contribution in [0.2, 0.25) is 5.15 Å². The highest BCUT2D eigenvalue weighted by Gasteiger charge is 2.04. The first-order valence-corrected chi connectivity index (χ1v) is 6.96. The van der Waals surface area contributed by atoms with Crippen LogP contribution in [0.5, 0.6) is 0 Å². The van der Waals surface area contributed by atoms with Crippen molar-refractivity contribution in [1.29, 1.82) is 0 Å². The lowest BCUT2D eigenvalue weighted by molar-refractivity contribution is 1.31. The van der Waals surface area contributed by atoms with Gasteiger partial charge < -0.3 is 5.32 Å². The van der Waals surface area contributed by atoms with E-state index in [0.717, 1.165) is 22.1 Å². The molecule has 1 N–H and O–H groups in total. The zero-order valence-corrected chi connectivity index (χ0v) is 11.4. The molecule has 94 valence electrons. The summed E-state index contributed by atoms with van der Waals surface area (Å²) >= 11 is 7.31. The van der Waals surface area contributed by atoms with E-state index in [1.165, 1.54) is 0 Å². The van der Waals surface area contributed by atoms with Gasteiger partial charge in [-0.25, -0.2) is 9.97 Å². The molecule has 0 aliphatic carbocycles. The maximum absolute atomic E-state index is 5.75. The summed E-state index contributed by atoms with van der Waals surface area (Å²) in [5, 5.41) is 6.55. The van der Waals surface area contributed by atoms with Crippen LogP contribution in [0.4, 0.5) is 10.8 Å². The number of anilines is 2. The Morgan fingerprint density at radius 3 is 2.63 bits per heavy atom. The molecule has 0 saturated carbocycles. The van der Waals surface area contributed by atoms with Crippen LogP contribution in [0.25, 0.3) is 11.3 Å². The molecule has 0 bridgehead atoms. The minimum atomic E-state index is 0.481. The topological polar surface area (TPSA) is 37.8 Å². The number of benzene rings is 1. The Morgan fingerprint density at radius 1 is 1.05 bits per heavy atom. The third-order valence-electron chi connectivity index (χ3n) is 2.55. The first-order valence-electron chi connectivity index (χ1n) is 5.71. The number of rotatable bonds is 3. The number of nitrogens with zero attached hydrogens (tertiary/aromatic N) is 2. The Hall–Kier alpha value is -1.91. The van der Waals surface area contributed by atoms with Gasteiger partial charge in [0.15, 0.2) is 5.13 Å². The summed E-state index contributed by atoms with van der Waals surface area (Å²) in [6.07, 6.45) is 1.69. The van der Waals surface area contributed by atoms with E-state index in [2.05, 4.69) is 15.3 Å². The number of pyridine rings is 1. The predicted molar refractivity (Wildman–Crippen MR) is 80.1 cm³/mol. The molecule has 0 aliphatic heterocycles. The van der Waals surface area contributed by atoms with E-state index in [0.29, 0.717) is 5.15 Å². The van der Waals surface area contributed by atoms with Gasteiger partial charge >= 0.3 is 0 Å². The molecule has 0 saturated heterocycles. The van der Waals surface area contributed by atoms with Gasteiger partial charge in [-0.3, -0.25) is 0 Å².